The van der Waals surface area contributed by atoms with E-state index in [4.69, 9.17) is 4.74 Å². The molecular weight excluding hydrogens is 238 g/mol. The minimum absolute atomic E-state index is 0.101. The molecule has 0 heterocycles. The van der Waals surface area contributed by atoms with Crippen LogP contribution in [0.2, 0.25) is 0 Å². The van der Waals surface area contributed by atoms with E-state index in [0.717, 1.165) is 37.5 Å². The molecule has 2 rings (SSSR count). The fraction of sp³-hybridized carbons (Fsp3) is 1.00. The Bertz CT molecular complexity index is 278. The summed E-state index contributed by atoms with van der Waals surface area (Å²) in [6.45, 7) is 4.94. The number of likely N-dealkylation sites (N-methyl/N-ethyl adjacent to an activating group) is 1. The van der Waals surface area contributed by atoms with Crippen LogP contribution >= 0.6 is 0 Å². The molecule has 3 nitrogen and oxygen atoms in total. The Kier molecular flexibility index (Phi) is 5.27. The fourth-order valence-electron chi connectivity index (χ4n) is 3.77. The quantitative estimate of drug-likeness (QED) is 0.824. The average Bonchev–Trinajstić information content (AvgIpc) is 2.43. The van der Waals surface area contributed by atoms with E-state index in [2.05, 4.69) is 19.2 Å². The van der Waals surface area contributed by atoms with Crippen molar-refractivity contribution < 1.29 is 9.84 Å². The van der Waals surface area contributed by atoms with Gasteiger partial charge in [-0.05, 0) is 63.8 Å². The highest BCUT2D eigenvalue weighted by molar-refractivity contribution is 4.93. The van der Waals surface area contributed by atoms with Gasteiger partial charge in [-0.1, -0.05) is 13.8 Å². The fourth-order valence-corrected chi connectivity index (χ4v) is 3.77. The van der Waals surface area contributed by atoms with E-state index in [9.17, 15) is 5.11 Å². The molecule has 2 fully saturated rings. The Morgan fingerprint density at radius 2 is 1.95 bits per heavy atom. The lowest BCUT2D eigenvalue weighted by Crippen LogP contribution is -2.52. The maximum Gasteiger partial charge on any atom is 0.0614 e. The van der Waals surface area contributed by atoms with Gasteiger partial charge in [0.05, 0.1) is 18.8 Å². The zero-order valence-corrected chi connectivity index (χ0v) is 12.8. The number of aliphatic hydroxyl groups is 1. The van der Waals surface area contributed by atoms with Crippen LogP contribution in [0.1, 0.15) is 58.8 Å². The number of nitrogens with one attached hydrogen (secondary N) is 1. The zero-order chi connectivity index (χ0) is 13.9. The van der Waals surface area contributed by atoms with E-state index in [-0.39, 0.29) is 12.1 Å². The summed E-state index contributed by atoms with van der Waals surface area (Å²) >= 11 is 0. The van der Waals surface area contributed by atoms with Gasteiger partial charge in [0.15, 0.2) is 0 Å². The summed E-state index contributed by atoms with van der Waals surface area (Å²) in [6, 6.07) is 0. The average molecular weight is 269 g/mol. The molecule has 0 saturated heterocycles. The Balaban J connectivity index is 1.85. The topological polar surface area (TPSA) is 41.5 Å². The number of ether oxygens (including phenoxy) is 1. The van der Waals surface area contributed by atoms with E-state index in [1.54, 1.807) is 0 Å². The van der Waals surface area contributed by atoms with Gasteiger partial charge in [-0.3, -0.25) is 0 Å². The molecule has 112 valence electrons. The highest BCUT2D eigenvalue weighted by Gasteiger charge is 2.36. The third kappa shape index (κ3) is 3.71. The van der Waals surface area contributed by atoms with Crippen LogP contribution in [0.25, 0.3) is 0 Å². The summed E-state index contributed by atoms with van der Waals surface area (Å²) in [4.78, 5) is 0. The van der Waals surface area contributed by atoms with Crippen molar-refractivity contribution >= 4 is 0 Å². The molecule has 0 aromatic rings. The van der Waals surface area contributed by atoms with Crippen molar-refractivity contribution in [2.24, 2.45) is 11.8 Å². The maximum atomic E-state index is 9.62. The molecule has 19 heavy (non-hydrogen) atoms. The van der Waals surface area contributed by atoms with Gasteiger partial charge in [-0.15, -0.1) is 0 Å². The lowest BCUT2D eigenvalue weighted by Gasteiger charge is -2.42. The molecule has 2 N–H and O–H groups in total. The van der Waals surface area contributed by atoms with Crippen molar-refractivity contribution in [2.45, 2.75) is 76.5 Å². The van der Waals surface area contributed by atoms with Crippen LogP contribution in [0.3, 0.4) is 0 Å². The molecule has 5 unspecified atom stereocenters. The van der Waals surface area contributed by atoms with Crippen molar-refractivity contribution in [3.05, 3.63) is 0 Å². The molecular formula is C16H31NO2. The monoisotopic (exact) mass is 269 g/mol. The lowest BCUT2D eigenvalue weighted by atomic mass is 9.79. The third-order valence-corrected chi connectivity index (χ3v) is 5.57. The molecule has 0 aromatic heterocycles. The van der Waals surface area contributed by atoms with Crippen molar-refractivity contribution in [2.75, 3.05) is 13.7 Å². The van der Waals surface area contributed by atoms with Crippen LogP contribution in [0.5, 0.6) is 0 Å². The molecule has 0 aliphatic heterocycles. The predicted octanol–water partition coefficient (Wildman–Crippen LogP) is 2.72. The highest BCUT2D eigenvalue weighted by atomic mass is 16.5. The number of rotatable bonds is 4. The van der Waals surface area contributed by atoms with Crippen LogP contribution in [0.4, 0.5) is 0 Å². The van der Waals surface area contributed by atoms with Gasteiger partial charge in [0.2, 0.25) is 0 Å². The zero-order valence-electron chi connectivity index (χ0n) is 12.8. The third-order valence-electron chi connectivity index (χ3n) is 5.57. The predicted molar refractivity (Wildman–Crippen MR) is 78.2 cm³/mol. The van der Waals surface area contributed by atoms with Crippen molar-refractivity contribution in [1.29, 1.82) is 0 Å². The number of hydrogen-bond donors (Lipinski definition) is 2. The van der Waals surface area contributed by atoms with Crippen LogP contribution in [-0.4, -0.2) is 36.5 Å². The summed E-state index contributed by atoms with van der Waals surface area (Å²) in [5.74, 6) is 1.63. The van der Waals surface area contributed by atoms with Crippen molar-refractivity contribution in [3.8, 4) is 0 Å². The Labute approximate surface area is 118 Å². The minimum Gasteiger partial charge on any atom is -0.394 e. The second kappa shape index (κ2) is 6.55. The van der Waals surface area contributed by atoms with Gasteiger partial charge in [-0.25, -0.2) is 0 Å². The molecule has 0 spiro atoms. The van der Waals surface area contributed by atoms with Gasteiger partial charge in [-0.2, -0.15) is 0 Å². The molecule has 2 aliphatic carbocycles. The summed E-state index contributed by atoms with van der Waals surface area (Å²) < 4.78 is 6.36. The summed E-state index contributed by atoms with van der Waals surface area (Å²) in [6.07, 6.45) is 8.85. The van der Waals surface area contributed by atoms with Crippen LogP contribution in [-0.2, 0) is 4.74 Å². The molecule has 2 aliphatic rings. The normalized spacial score (nSPS) is 44.2. The highest BCUT2D eigenvalue weighted by Crippen LogP contribution is 2.35. The second-order valence-corrected chi connectivity index (χ2v) is 6.93. The standard InChI is InChI=1S/C16H31NO2/c1-12-6-7-14(9-13(12)2)19-15-5-4-8-16(10-15,11-18)17-3/h12-15,17-18H,4-11H2,1-3H3. The first-order valence-corrected chi connectivity index (χ1v) is 8.04. The number of hydrogen-bond acceptors (Lipinski definition) is 3. The van der Waals surface area contributed by atoms with E-state index in [1.807, 2.05) is 7.05 Å². The van der Waals surface area contributed by atoms with Gasteiger partial charge in [0.25, 0.3) is 0 Å². The lowest BCUT2D eigenvalue weighted by molar-refractivity contribution is -0.0793. The molecule has 3 heteroatoms. The SMILES string of the molecule is CNC1(CO)CCCC(OC2CCC(C)C(C)C2)C1. The summed E-state index contributed by atoms with van der Waals surface area (Å²) in [5, 5.41) is 12.9. The van der Waals surface area contributed by atoms with E-state index in [0.29, 0.717) is 12.2 Å². The van der Waals surface area contributed by atoms with Crippen molar-refractivity contribution in [1.82, 2.24) is 5.32 Å². The summed E-state index contributed by atoms with van der Waals surface area (Å²) in [7, 11) is 1.96. The first-order valence-electron chi connectivity index (χ1n) is 8.04. The molecule has 0 aromatic carbocycles. The molecule has 2 saturated carbocycles. The Morgan fingerprint density at radius 1 is 1.16 bits per heavy atom. The first kappa shape index (κ1) is 15.3. The smallest absolute Gasteiger partial charge is 0.0614 e. The molecule has 5 atom stereocenters. The minimum atomic E-state index is -0.101. The Morgan fingerprint density at radius 3 is 2.58 bits per heavy atom. The van der Waals surface area contributed by atoms with Gasteiger partial charge in [0, 0.05) is 5.54 Å². The van der Waals surface area contributed by atoms with E-state index >= 15 is 0 Å². The van der Waals surface area contributed by atoms with Gasteiger partial charge < -0.3 is 15.2 Å². The maximum absolute atomic E-state index is 9.62. The first-order chi connectivity index (χ1) is 9.08. The second-order valence-electron chi connectivity index (χ2n) is 6.93. The number of aliphatic hydroxyl groups excluding tert-OH is 1. The van der Waals surface area contributed by atoms with Crippen LogP contribution < -0.4 is 5.32 Å². The molecule has 0 bridgehead atoms. The summed E-state index contributed by atoms with van der Waals surface area (Å²) in [5.41, 5.74) is -0.101. The van der Waals surface area contributed by atoms with Gasteiger partial charge in [0.1, 0.15) is 0 Å². The van der Waals surface area contributed by atoms with Gasteiger partial charge >= 0.3 is 0 Å². The largest absolute Gasteiger partial charge is 0.394 e. The van der Waals surface area contributed by atoms with Crippen LogP contribution in [0, 0.1) is 11.8 Å². The molecule has 0 amide bonds. The van der Waals surface area contributed by atoms with E-state index < -0.39 is 0 Å². The van der Waals surface area contributed by atoms with Crippen molar-refractivity contribution in [3.63, 3.8) is 0 Å². The Hall–Kier alpha value is -0.120. The molecule has 0 radical (unpaired) electrons. The van der Waals surface area contributed by atoms with Crippen LogP contribution in [0.15, 0.2) is 0 Å². The van der Waals surface area contributed by atoms with E-state index in [1.165, 1.54) is 19.3 Å².